The molecule has 0 heterocycles. The normalized spacial score (nSPS) is 9.95. The van der Waals surface area contributed by atoms with Gasteiger partial charge in [-0.15, -0.1) is 0 Å². The molecule has 0 aromatic heterocycles. The molecule has 2 rings (SSSR count). The lowest BCUT2D eigenvalue weighted by Crippen LogP contribution is -2.20. The Labute approximate surface area is 119 Å². The highest BCUT2D eigenvalue weighted by Crippen LogP contribution is 2.17. The van der Waals surface area contributed by atoms with Gasteiger partial charge in [-0.3, -0.25) is 0 Å². The molecule has 0 aliphatic rings. The van der Waals surface area contributed by atoms with Gasteiger partial charge >= 0.3 is 6.03 Å². The second kappa shape index (κ2) is 6.10. The van der Waals surface area contributed by atoms with E-state index in [9.17, 15) is 4.79 Å². The molecule has 2 aromatic rings. The van der Waals surface area contributed by atoms with Crippen LogP contribution in [0.15, 0.2) is 48.5 Å². The molecule has 2 amide bonds. The molecule has 0 aliphatic carbocycles. The lowest BCUT2D eigenvalue weighted by molar-refractivity contribution is 0.262. The van der Waals surface area contributed by atoms with E-state index in [1.807, 2.05) is 74.4 Å². The Morgan fingerprint density at radius 1 is 0.950 bits per heavy atom. The van der Waals surface area contributed by atoms with Crippen molar-refractivity contribution >= 4 is 23.1 Å². The summed E-state index contributed by atoms with van der Waals surface area (Å²) in [6.45, 7) is 1.96. The first-order valence-electron chi connectivity index (χ1n) is 6.47. The summed E-state index contributed by atoms with van der Waals surface area (Å²) in [6.07, 6.45) is 0. The van der Waals surface area contributed by atoms with Gasteiger partial charge in [0.25, 0.3) is 0 Å². The van der Waals surface area contributed by atoms with Gasteiger partial charge in [0.2, 0.25) is 0 Å². The van der Waals surface area contributed by atoms with E-state index in [0.29, 0.717) is 0 Å². The van der Waals surface area contributed by atoms with Crippen LogP contribution in [-0.2, 0) is 0 Å². The highest BCUT2D eigenvalue weighted by Gasteiger charge is 2.04. The molecule has 4 heteroatoms. The van der Waals surface area contributed by atoms with E-state index in [1.165, 1.54) is 0 Å². The van der Waals surface area contributed by atoms with Gasteiger partial charge in [-0.25, -0.2) is 4.79 Å². The highest BCUT2D eigenvalue weighted by atomic mass is 16.2. The maximum Gasteiger partial charge on any atom is 0.323 e. The number of nitrogens with zero attached hydrogens (tertiary/aromatic N) is 1. The number of carbonyl (C=O) groups is 1. The van der Waals surface area contributed by atoms with Crippen LogP contribution in [-0.4, -0.2) is 20.1 Å². The largest absolute Gasteiger partial charge is 0.378 e. The number of carbonyl (C=O) groups excluding carboxylic acids is 1. The van der Waals surface area contributed by atoms with Crippen molar-refractivity contribution in [1.29, 1.82) is 0 Å². The van der Waals surface area contributed by atoms with E-state index >= 15 is 0 Å². The first-order chi connectivity index (χ1) is 9.56. The number of rotatable bonds is 3. The minimum Gasteiger partial charge on any atom is -0.378 e. The summed E-state index contributed by atoms with van der Waals surface area (Å²) in [5.41, 5.74) is 3.71. The Morgan fingerprint density at radius 3 is 2.20 bits per heavy atom. The summed E-state index contributed by atoms with van der Waals surface area (Å²) in [5.74, 6) is 0. The zero-order chi connectivity index (χ0) is 14.5. The molecule has 0 fully saturated rings. The molecule has 0 spiro atoms. The van der Waals surface area contributed by atoms with E-state index in [1.54, 1.807) is 0 Å². The van der Waals surface area contributed by atoms with Crippen LogP contribution < -0.4 is 15.5 Å². The second-order valence-corrected chi connectivity index (χ2v) is 4.84. The fraction of sp³-hybridized carbons (Fsp3) is 0.188. The number of amides is 2. The Kier molecular flexibility index (Phi) is 4.25. The molecule has 0 aliphatic heterocycles. The van der Waals surface area contributed by atoms with Gasteiger partial charge in [0.05, 0.1) is 0 Å². The summed E-state index contributed by atoms with van der Waals surface area (Å²) in [7, 11) is 3.96. The van der Waals surface area contributed by atoms with Crippen LogP contribution in [0.3, 0.4) is 0 Å². The average molecular weight is 269 g/mol. The van der Waals surface area contributed by atoms with Crippen LogP contribution in [0.5, 0.6) is 0 Å². The monoisotopic (exact) mass is 269 g/mol. The van der Waals surface area contributed by atoms with Crippen LogP contribution >= 0.6 is 0 Å². The number of hydrogen-bond acceptors (Lipinski definition) is 2. The van der Waals surface area contributed by atoms with Crippen LogP contribution in [0.2, 0.25) is 0 Å². The predicted molar refractivity (Wildman–Crippen MR) is 84.6 cm³/mol. The van der Waals surface area contributed by atoms with Crippen molar-refractivity contribution in [1.82, 2.24) is 0 Å². The zero-order valence-corrected chi connectivity index (χ0v) is 12.0. The number of para-hydroxylation sites is 1. The highest BCUT2D eigenvalue weighted by molar-refractivity contribution is 6.00. The van der Waals surface area contributed by atoms with Crippen LogP contribution in [0.1, 0.15) is 5.56 Å². The molecule has 0 saturated heterocycles. The molecular formula is C16H19N3O. The molecule has 2 N–H and O–H groups in total. The molecule has 4 nitrogen and oxygen atoms in total. The quantitative estimate of drug-likeness (QED) is 0.892. The molecule has 0 bridgehead atoms. The van der Waals surface area contributed by atoms with Crippen molar-refractivity contribution in [3.8, 4) is 0 Å². The van der Waals surface area contributed by atoms with Crippen LogP contribution in [0.25, 0.3) is 0 Å². The van der Waals surface area contributed by atoms with Gasteiger partial charge in [0.15, 0.2) is 0 Å². The number of benzene rings is 2. The third-order valence-corrected chi connectivity index (χ3v) is 3.03. The van der Waals surface area contributed by atoms with Crippen molar-refractivity contribution in [2.45, 2.75) is 6.92 Å². The van der Waals surface area contributed by atoms with E-state index in [0.717, 1.165) is 22.6 Å². The van der Waals surface area contributed by atoms with Crippen molar-refractivity contribution < 1.29 is 4.79 Å². The number of aryl methyl sites for hydroxylation is 1. The molecule has 104 valence electrons. The van der Waals surface area contributed by atoms with E-state index in [2.05, 4.69) is 10.6 Å². The van der Waals surface area contributed by atoms with Gasteiger partial charge in [0.1, 0.15) is 0 Å². The maximum absolute atomic E-state index is 11.9. The summed E-state index contributed by atoms with van der Waals surface area (Å²) in [5, 5.41) is 5.65. The molecule has 20 heavy (non-hydrogen) atoms. The van der Waals surface area contributed by atoms with E-state index in [-0.39, 0.29) is 6.03 Å². The number of urea groups is 1. The topological polar surface area (TPSA) is 44.4 Å². The smallest absolute Gasteiger partial charge is 0.323 e. The van der Waals surface area contributed by atoms with Gasteiger partial charge < -0.3 is 15.5 Å². The summed E-state index contributed by atoms with van der Waals surface area (Å²) >= 11 is 0. The Bertz CT molecular complexity index is 591. The summed E-state index contributed by atoms with van der Waals surface area (Å²) < 4.78 is 0. The molecule has 0 radical (unpaired) electrons. The van der Waals surface area contributed by atoms with Gasteiger partial charge in [0, 0.05) is 31.2 Å². The van der Waals surface area contributed by atoms with E-state index in [4.69, 9.17) is 0 Å². The van der Waals surface area contributed by atoms with Crippen molar-refractivity contribution in [2.24, 2.45) is 0 Å². The Morgan fingerprint density at radius 2 is 1.60 bits per heavy atom. The third kappa shape index (κ3) is 3.51. The fourth-order valence-corrected chi connectivity index (χ4v) is 1.84. The summed E-state index contributed by atoms with van der Waals surface area (Å²) in [4.78, 5) is 13.9. The standard InChI is InChI=1S/C16H19N3O/c1-12-6-4-5-7-15(12)18-16(20)17-13-8-10-14(11-9-13)19(2)3/h4-11H,1-3H3,(H2,17,18,20). The minimum absolute atomic E-state index is 0.239. The van der Waals surface area contributed by atoms with Gasteiger partial charge in [-0.1, -0.05) is 18.2 Å². The Balaban J connectivity index is 1.99. The number of nitrogens with one attached hydrogen (secondary N) is 2. The van der Waals surface area contributed by atoms with Crippen LogP contribution in [0, 0.1) is 6.92 Å². The molecule has 2 aromatic carbocycles. The fourth-order valence-electron chi connectivity index (χ4n) is 1.84. The van der Waals surface area contributed by atoms with E-state index < -0.39 is 0 Å². The minimum atomic E-state index is -0.239. The van der Waals surface area contributed by atoms with Gasteiger partial charge in [-0.05, 0) is 42.8 Å². The SMILES string of the molecule is Cc1ccccc1NC(=O)Nc1ccc(N(C)C)cc1. The lowest BCUT2D eigenvalue weighted by Gasteiger charge is -2.13. The summed E-state index contributed by atoms with van der Waals surface area (Å²) in [6, 6.07) is 15.1. The Hall–Kier alpha value is -2.49. The first kappa shape index (κ1) is 13.9. The van der Waals surface area contributed by atoms with Crippen molar-refractivity contribution in [3.05, 3.63) is 54.1 Å². The molecule has 0 unspecified atom stereocenters. The first-order valence-corrected chi connectivity index (χ1v) is 6.47. The molecule has 0 saturated carbocycles. The average Bonchev–Trinajstić information content (AvgIpc) is 2.42. The van der Waals surface area contributed by atoms with Gasteiger partial charge in [-0.2, -0.15) is 0 Å². The number of hydrogen-bond donors (Lipinski definition) is 2. The maximum atomic E-state index is 11.9. The molecular weight excluding hydrogens is 250 g/mol. The van der Waals surface area contributed by atoms with Crippen molar-refractivity contribution in [2.75, 3.05) is 29.6 Å². The molecule has 0 atom stereocenters. The van der Waals surface area contributed by atoms with Crippen molar-refractivity contribution in [3.63, 3.8) is 0 Å². The second-order valence-electron chi connectivity index (χ2n) is 4.84. The predicted octanol–water partition coefficient (Wildman–Crippen LogP) is 3.71. The number of anilines is 3. The zero-order valence-electron chi connectivity index (χ0n) is 12.0. The lowest BCUT2D eigenvalue weighted by atomic mass is 10.2. The van der Waals surface area contributed by atoms with Crippen LogP contribution in [0.4, 0.5) is 21.9 Å². The third-order valence-electron chi connectivity index (χ3n) is 3.03.